The minimum absolute atomic E-state index is 0.102. The lowest BCUT2D eigenvalue weighted by atomic mass is 10.1. The van der Waals surface area contributed by atoms with Gasteiger partial charge in [-0.15, -0.1) is 23.2 Å². The van der Waals surface area contributed by atoms with Gasteiger partial charge in [-0.05, 0) is 38.4 Å². The molecular weight excluding hydrogens is 319 g/mol. The topological polar surface area (TPSA) is 62.7 Å². The SMILES string of the molecule is C[C@]1(C(=O)NCCc2n[nH]c(=S)n2C2CC2)CC1(Cl)Cl. The zero-order chi connectivity index (χ0) is 14.5. The smallest absolute Gasteiger partial charge is 0.229 e. The van der Waals surface area contributed by atoms with E-state index in [1.54, 1.807) is 6.92 Å². The van der Waals surface area contributed by atoms with Gasteiger partial charge in [-0.1, -0.05) is 0 Å². The third kappa shape index (κ3) is 2.38. The normalized spacial score (nSPS) is 27.4. The molecule has 2 fully saturated rings. The lowest BCUT2D eigenvalue weighted by Gasteiger charge is -2.12. The molecule has 1 atom stereocenters. The van der Waals surface area contributed by atoms with E-state index >= 15 is 0 Å². The summed E-state index contributed by atoms with van der Waals surface area (Å²) in [6.07, 6.45) is 3.43. The average molecular weight is 335 g/mol. The Kier molecular flexibility index (Phi) is 3.38. The van der Waals surface area contributed by atoms with Crippen molar-refractivity contribution in [1.82, 2.24) is 20.1 Å². The molecule has 1 heterocycles. The molecule has 0 aromatic carbocycles. The minimum Gasteiger partial charge on any atom is -0.355 e. The number of halogens is 2. The van der Waals surface area contributed by atoms with Gasteiger partial charge >= 0.3 is 0 Å². The summed E-state index contributed by atoms with van der Waals surface area (Å²) in [5, 5.41) is 9.91. The van der Waals surface area contributed by atoms with Crippen LogP contribution < -0.4 is 5.32 Å². The molecule has 1 aromatic heterocycles. The van der Waals surface area contributed by atoms with E-state index in [2.05, 4.69) is 15.5 Å². The summed E-state index contributed by atoms with van der Waals surface area (Å²) in [7, 11) is 0. The van der Waals surface area contributed by atoms with Gasteiger partial charge in [-0.3, -0.25) is 9.89 Å². The van der Waals surface area contributed by atoms with Crippen LogP contribution in [-0.2, 0) is 11.2 Å². The first-order valence-corrected chi connectivity index (χ1v) is 7.83. The van der Waals surface area contributed by atoms with Crippen molar-refractivity contribution in [3.8, 4) is 0 Å². The van der Waals surface area contributed by atoms with Crippen LogP contribution in [0.1, 0.15) is 38.1 Å². The highest BCUT2D eigenvalue weighted by molar-refractivity contribution is 7.71. The van der Waals surface area contributed by atoms with Gasteiger partial charge in [-0.25, -0.2) is 0 Å². The maximum Gasteiger partial charge on any atom is 0.229 e. The molecule has 2 aliphatic carbocycles. The van der Waals surface area contributed by atoms with Crippen molar-refractivity contribution in [1.29, 1.82) is 0 Å². The van der Waals surface area contributed by atoms with E-state index < -0.39 is 9.75 Å². The molecule has 0 bridgehead atoms. The van der Waals surface area contributed by atoms with Crippen molar-refractivity contribution >= 4 is 41.3 Å². The zero-order valence-electron chi connectivity index (χ0n) is 11.1. The van der Waals surface area contributed by atoms with Gasteiger partial charge in [0.15, 0.2) is 4.77 Å². The molecule has 0 aliphatic heterocycles. The molecule has 0 saturated heterocycles. The van der Waals surface area contributed by atoms with Gasteiger partial charge in [-0.2, -0.15) is 5.10 Å². The summed E-state index contributed by atoms with van der Waals surface area (Å²) in [6, 6.07) is 0.478. The highest BCUT2D eigenvalue weighted by Gasteiger charge is 2.67. The van der Waals surface area contributed by atoms with Crippen LogP contribution in [0.25, 0.3) is 0 Å². The zero-order valence-corrected chi connectivity index (χ0v) is 13.4. The number of H-pyrrole nitrogens is 1. The van der Waals surface area contributed by atoms with E-state index in [0.29, 0.717) is 30.2 Å². The van der Waals surface area contributed by atoms with Crippen LogP contribution in [0.4, 0.5) is 0 Å². The fraction of sp³-hybridized carbons (Fsp3) is 0.750. The third-order valence-electron chi connectivity index (χ3n) is 4.08. The van der Waals surface area contributed by atoms with Gasteiger partial charge in [0.1, 0.15) is 10.2 Å². The van der Waals surface area contributed by atoms with Crippen molar-refractivity contribution < 1.29 is 4.79 Å². The van der Waals surface area contributed by atoms with Gasteiger partial charge in [0.05, 0.1) is 5.41 Å². The summed E-state index contributed by atoms with van der Waals surface area (Å²) in [5.74, 6) is 0.788. The maximum atomic E-state index is 12.0. The number of nitrogens with zero attached hydrogens (tertiary/aromatic N) is 2. The quantitative estimate of drug-likeness (QED) is 0.642. The molecule has 2 saturated carbocycles. The first kappa shape index (κ1) is 14.4. The monoisotopic (exact) mass is 334 g/mol. The van der Waals surface area contributed by atoms with Crippen LogP contribution in [-0.4, -0.2) is 31.5 Å². The average Bonchev–Trinajstić information content (AvgIpc) is 3.24. The van der Waals surface area contributed by atoms with Gasteiger partial charge in [0, 0.05) is 19.0 Å². The Hall–Kier alpha value is -0.590. The van der Waals surface area contributed by atoms with Gasteiger partial charge < -0.3 is 9.88 Å². The second-order valence-electron chi connectivity index (χ2n) is 5.77. The summed E-state index contributed by atoms with van der Waals surface area (Å²) < 4.78 is 1.78. The van der Waals surface area contributed by atoms with Crippen LogP contribution in [0.2, 0.25) is 0 Å². The molecule has 2 N–H and O–H groups in total. The van der Waals surface area contributed by atoms with Crippen LogP contribution in [0, 0.1) is 10.2 Å². The Morgan fingerprint density at radius 3 is 2.80 bits per heavy atom. The van der Waals surface area contributed by atoms with Gasteiger partial charge in [0.2, 0.25) is 5.91 Å². The Morgan fingerprint density at radius 1 is 1.60 bits per heavy atom. The number of hydrogen-bond acceptors (Lipinski definition) is 3. The molecule has 110 valence electrons. The Morgan fingerprint density at radius 2 is 2.25 bits per heavy atom. The summed E-state index contributed by atoms with van der Waals surface area (Å²) in [4.78, 5) is 12.0. The van der Waals surface area contributed by atoms with E-state index in [0.717, 1.165) is 18.7 Å². The highest BCUT2D eigenvalue weighted by atomic mass is 35.5. The fourth-order valence-corrected chi connectivity index (χ4v) is 3.36. The van der Waals surface area contributed by atoms with Crippen LogP contribution in [0.3, 0.4) is 0 Å². The molecular formula is C12H16Cl2N4OS. The molecule has 0 spiro atoms. The van der Waals surface area contributed by atoms with E-state index in [1.807, 2.05) is 4.57 Å². The van der Waals surface area contributed by atoms with Crippen LogP contribution in [0.5, 0.6) is 0 Å². The fourth-order valence-electron chi connectivity index (χ4n) is 2.35. The number of alkyl halides is 2. The molecule has 5 nitrogen and oxygen atoms in total. The lowest BCUT2D eigenvalue weighted by molar-refractivity contribution is -0.125. The number of amides is 1. The van der Waals surface area contributed by atoms with Gasteiger partial charge in [0.25, 0.3) is 0 Å². The number of carbonyl (C=O) groups is 1. The lowest BCUT2D eigenvalue weighted by Crippen LogP contribution is -2.34. The Labute approximate surface area is 132 Å². The predicted molar refractivity (Wildman–Crippen MR) is 79.6 cm³/mol. The van der Waals surface area contributed by atoms with E-state index in [1.165, 1.54) is 0 Å². The van der Waals surface area contributed by atoms with Crippen LogP contribution >= 0.6 is 35.4 Å². The Balaban J connectivity index is 1.56. The molecule has 2 aliphatic rings. The van der Waals surface area contributed by atoms with E-state index in [-0.39, 0.29) is 5.91 Å². The Bertz CT molecular complexity index is 607. The molecule has 20 heavy (non-hydrogen) atoms. The van der Waals surface area contributed by atoms with Crippen molar-refractivity contribution in [2.75, 3.05) is 6.54 Å². The molecule has 1 aromatic rings. The molecule has 0 radical (unpaired) electrons. The highest BCUT2D eigenvalue weighted by Crippen LogP contribution is 2.63. The predicted octanol–water partition coefficient (Wildman–Crippen LogP) is 2.52. The summed E-state index contributed by atoms with van der Waals surface area (Å²) in [5.41, 5.74) is -0.669. The first-order chi connectivity index (χ1) is 9.35. The second-order valence-corrected chi connectivity index (χ2v) is 7.64. The number of carbonyl (C=O) groups excluding carboxylic acids is 1. The van der Waals surface area contributed by atoms with Crippen LogP contribution in [0.15, 0.2) is 0 Å². The van der Waals surface area contributed by atoms with Crippen molar-refractivity contribution in [3.63, 3.8) is 0 Å². The molecule has 8 heteroatoms. The molecule has 3 rings (SSSR count). The van der Waals surface area contributed by atoms with Crippen molar-refractivity contribution in [3.05, 3.63) is 10.6 Å². The number of hydrogen-bond donors (Lipinski definition) is 2. The number of rotatable bonds is 5. The first-order valence-electron chi connectivity index (χ1n) is 6.67. The summed E-state index contributed by atoms with van der Waals surface area (Å²) >= 11 is 17.2. The second kappa shape index (κ2) is 4.71. The number of aromatic amines is 1. The maximum absolute atomic E-state index is 12.0. The molecule has 0 unspecified atom stereocenters. The van der Waals surface area contributed by atoms with Crippen molar-refractivity contribution in [2.45, 2.75) is 43.0 Å². The van der Waals surface area contributed by atoms with Crippen molar-refractivity contribution in [2.24, 2.45) is 5.41 Å². The van der Waals surface area contributed by atoms with E-state index in [9.17, 15) is 4.79 Å². The largest absolute Gasteiger partial charge is 0.355 e. The minimum atomic E-state index is -0.925. The number of nitrogens with one attached hydrogen (secondary N) is 2. The third-order valence-corrected chi connectivity index (χ3v) is 5.47. The standard InChI is InChI=1S/C12H16Cl2N4OS/c1-11(6-12(11,13)14)9(19)15-5-4-8-16-17-10(20)18(8)7-2-3-7/h7H,2-6H2,1H3,(H,15,19)(H,17,20)/t11-/m1/s1. The number of aromatic nitrogens is 3. The molecule has 1 amide bonds. The van der Waals surface area contributed by atoms with E-state index in [4.69, 9.17) is 35.4 Å². The summed E-state index contributed by atoms with van der Waals surface area (Å²) in [6.45, 7) is 2.28.